The molecule has 1 nitrogen and oxygen atoms in total. The largest absolute Gasteiger partial charge is 0.328 e. The van der Waals surface area contributed by atoms with Gasteiger partial charge in [-0.05, 0) is 61.9 Å². The topological polar surface area (TPSA) is 26.0 Å². The van der Waals surface area contributed by atoms with Gasteiger partial charge in [-0.1, -0.05) is 0 Å². The fourth-order valence-corrected chi connectivity index (χ4v) is 4.00. The van der Waals surface area contributed by atoms with Crippen molar-refractivity contribution in [3.8, 4) is 0 Å². The molecule has 2 unspecified atom stereocenters. The molecule has 2 fully saturated rings. The molecule has 1 saturated carbocycles. The number of thioether (sulfide) groups is 1. The monoisotopic (exact) mass is 199 g/mol. The predicted molar refractivity (Wildman–Crippen MR) is 60.0 cm³/mol. The SMILES string of the molecule is CC(N)CCC1CC12CCSCC2. The molecule has 2 atom stereocenters. The summed E-state index contributed by atoms with van der Waals surface area (Å²) in [6.07, 6.45) is 7.12. The fraction of sp³-hybridized carbons (Fsp3) is 1.00. The Labute approximate surface area is 85.8 Å². The first-order valence-corrected chi connectivity index (χ1v) is 6.72. The summed E-state index contributed by atoms with van der Waals surface area (Å²) in [6.45, 7) is 2.13. The van der Waals surface area contributed by atoms with Crippen LogP contribution in [0.3, 0.4) is 0 Å². The Bertz CT molecular complexity index is 173. The van der Waals surface area contributed by atoms with Crippen molar-refractivity contribution in [3.63, 3.8) is 0 Å². The molecule has 1 spiro atoms. The quantitative estimate of drug-likeness (QED) is 0.756. The summed E-state index contributed by atoms with van der Waals surface area (Å²) >= 11 is 2.14. The van der Waals surface area contributed by atoms with Gasteiger partial charge in [-0.2, -0.15) is 11.8 Å². The van der Waals surface area contributed by atoms with Crippen LogP contribution in [0.1, 0.15) is 39.0 Å². The van der Waals surface area contributed by atoms with Gasteiger partial charge in [0, 0.05) is 6.04 Å². The average molecular weight is 199 g/mol. The lowest BCUT2D eigenvalue weighted by Gasteiger charge is -2.22. The standard InChI is InChI=1S/C11H21NS/c1-9(12)2-3-10-8-11(10)4-6-13-7-5-11/h9-10H,2-8,12H2,1H3. The minimum atomic E-state index is 0.413. The third kappa shape index (κ3) is 2.21. The molecule has 13 heavy (non-hydrogen) atoms. The van der Waals surface area contributed by atoms with Crippen LogP contribution in [-0.4, -0.2) is 17.5 Å². The predicted octanol–water partition coefficient (Wildman–Crippen LogP) is 2.65. The molecule has 2 heteroatoms. The third-order valence-corrected chi connectivity index (χ3v) is 4.80. The van der Waals surface area contributed by atoms with Gasteiger partial charge in [0.05, 0.1) is 0 Å². The molecule has 0 aromatic heterocycles. The summed E-state index contributed by atoms with van der Waals surface area (Å²) < 4.78 is 0. The molecule has 2 N–H and O–H groups in total. The Morgan fingerprint density at radius 1 is 1.46 bits per heavy atom. The van der Waals surface area contributed by atoms with Gasteiger partial charge in [0.15, 0.2) is 0 Å². The Morgan fingerprint density at radius 3 is 2.77 bits per heavy atom. The van der Waals surface area contributed by atoms with Crippen molar-refractivity contribution in [2.24, 2.45) is 17.1 Å². The van der Waals surface area contributed by atoms with E-state index in [-0.39, 0.29) is 0 Å². The second-order valence-electron chi connectivity index (χ2n) is 4.93. The molecule has 1 aliphatic carbocycles. The Balaban J connectivity index is 1.73. The van der Waals surface area contributed by atoms with Gasteiger partial charge in [-0.25, -0.2) is 0 Å². The maximum Gasteiger partial charge on any atom is 0.00105 e. The van der Waals surface area contributed by atoms with Crippen molar-refractivity contribution in [2.45, 2.75) is 45.1 Å². The molecule has 0 radical (unpaired) electrons. The molecule has 2 aliphatic rings. The van der Waals surface area contributed by atoms with Gasteiger partial charge in [-0.3, -0.25) is 0 Å². The zero-order valence-corrected chi connectivity index (χ0v) is 9.41. The van der Waals surface area contributed by atoms with Crippen molar-refractivity contribution in [3.05, 3.63) is 0 Å². The van der Waals surface area contributed by atoms with Gasteiger partial charge in [0.1, 0.15) is 0 Å². The summed E-state index contributed by atoms with van der Waals surface area (Å²) in [5, 5.41) is 0. The van der Waals surface area contributed by atoms with E-state index in [1.807, 2.05) is 0 Å². The highest BCUT2D eigenvalue weighted by atomic mass is 32.2. The van der Waals surface area contributed by atoms with Crippen LogP contribution in [0.15, 0.2) is 0 Å². The van der Waals surface area contributed by atoms with Crippen molar-refractivity contribution < 1.29 is 0 Å². The molecule has 0 aromatic rings. The van der Waals surface area contributed by atoms with E-state index in [0.717, 1.165) is 11.3 Å². The van der Waals surface area contributed by atoms with Crippen LogP contribution in [0.4, 0.5) is 0 Å². The Morgan fingerprint density at radius 2 is 2.15 bits per heavy atom. The molecule has 1 aliphatic heterocycles. The van der Waals surface area contributed by atoms with Gasteiger partial charge in [-0.15, -0.1) is 0 Å². The lowest BCUT2D eigenvalue weighted by Crippen LogP contribution is -2.17. The van der Waals surface area contributed by atoms with Gasteiger partial charge in [0.2, 0.25) is 0 Å². The van der Waals surface area contributed by atoms with E-state index in [0.29, 0.717) is 6.04 Å². The lowest BCUT2D eigenvalue weighted by molar-refractivity contribution is 0.397. The second kappa shape index (κ2) is 3.82. The third-order valence-electron chi connectivity index (χ3n) is 3.82. The maximum absolute atomic E-state index is 5.78. The van der Waals surface area contributed by atoms with Crippen LogP contribution in [0, 0.1) is 11.3 Å². The molecular weight excluding hydrogens is 178 g/mol. The van der Waals surface area contributed by atoms with Crippen LogP contribution in [0.5, 0.6) is 0 Å². The van der Waals surface area contributed by atoms with E-state index in [4.69, 9.17) is 5.73 Å². The molecule has 0 bridgehead atoms. The van der Waals surface area contributed by atoms with Gasteiger partial charge < -0.3 is 5.73 Å². The lowest BCUT2D eigenvalue weighted by atomic mass is 9.94. The first-order chi connectivity index (χ1) is 6.23. The first-order valence-electron chi connectivity index (χ1n) is 5.56. The van der Waals surface area contributed by atoms with Crippen LogP contribution in [-0.2, 0) is 0 Å². The zero-order valence-electron chi connectivity index (χ0n) is 8.59. The van der Waals surface area contributed by atoms with Gasteiger partial charge in [0.25, 0.3) is 0 Å². The van der Waals surface area contributed by atoms with Crippen molar-refractivity contribution in [2.75, 3.05) is 11.5 Å². The number of hydrogen-bond donors (Lipinski definition) is 1. The normalized spacial score (nSPS) is 33.2. The van der Waals surface area contributed by atoms with E-state index < -0.39 is 0 Å². The minimum Gasteiger partial charge on any atom is -0.328 e. The summed E-state index contributed by atoms with van der Waals surface area (Å²) in [5.41, 5.74) is 6.59. The van der Waals surface area contributed by atoms with E-state index >= 15 is 0 Å². The van der Waals surface area contributed by atoms with Crippen molar-refractivity contribution in [1.29, 1.82) is 0 Å². The molecule has 2 rings (SSSR count). The number of rotatable bonds is 3. The van der Waals surface area contributed by atoms with Gasteiger partial charge >= 0.3 is 0 Å². The number of nitrogens with two attached hydrogens (primary N) is 1. The molecule has 0 amide bonds. The van der Waals surface area contributed by atoms with Crippen LogP contribution < -0.4 is 5.73 Å². The molecule has 76 valence electrons. The molecule has 0 aromatic carbocycles. The summed E-state index contributed by atoms with van der Waals surface area (Å²) in [6, 6.07) is 0.413. The van der Waals surface area contributed by atoms with Crippen molar-refractivity contribution >= 4 is 11.8 Å². The second-order valence-corrected chi connectivity index (χ2v) is 6.16. The highest BCUT2D eigenvalue weighted by Crippen LogP contribution is 2.62. The minimum absolute atomic E-state index is 0.413. The van der Waals surface area contributed by atoms with E-state index in [1.165, 1.54) is 43.6 Å². The maximum atomic E-state index is 5.78. The van der Waals surface area contributed by atoms with Crippen molar-refractivity contribution in [1.82, 2.24) is 0 Å². The Kier molecular flexibility index (Phi) is 2.89. The highest BCUT2D eigenvalue weighted by Gasteiger charge is 2.52. The first kappa shape index (κ1) is 9.85. The fourth-order valence-electron chi connectivity index (χ4n) is 2.69. The molecule has 1 saturated heterocycles. The van der Waals surface area contributed by atoms with E-state index in [9.17, 15) is 0 Å². The van der Waals surface area contributed by atoms with Crippen LogP contribution in [0.25, 0.3) is 0 Å². The zero-order chi connectivity index (χ0) is 9.31. The number of hydrogen-bond acceptors (Lipinski definition) is 2. The summed E-state index contributed by atoms with van der Waals surface area (Å²) in [5.74, 6) is 3.86. The molecule has 1 heterocycles. The van der Waals surface area contributed by atoms with E-state index in [1.54, 1.807) is 0 Å². The van der Waals surface area contributed by atoms with Crippen LogP contribution >= 0.6 is 11.8 Å². The molecular formula is C11H21NS. The highest BCUT2D eigenvalue weighted by molar-refractivity contribution is 7.99. The Hall–Kier alpha value is 0.310. The van der Waals surface area contributed by atoms with Crippen LogP contribution in [0.2, 0.25) is 0 Å². The summed E-state index contributed by atoms with van der Waals surface area (Å²) in [4.78, 5) is 0. The van der Waals surface area contributed by atoms with E-state index in [2.05, 4.69) is 18.7 Å². The average Bonchev–Trinajstić information content (AvgIpc) is 2.77. The smallest absolute Gasteiger partial charge is 0.00105 e. The summed E-state index contributed by atoms with van der Waals surface area (Å²) in [7, 11) is 0.